The van der Waals surface area contributed by atoms with Crippen molar-refractivity contribution in [2.24, 2.45) is 0 Å². The van der Waals surface area contributed by atoms with Gasteiger partial charge in [-0.2, -0.15) is 0 Å². The van der Waals surface area contributed by atoms with Crippen LogP contribution in [0, 0.1) is 6.92 Å². The van der Waals surface area contributed by atoms with Gasteiger partial charge in [0, 0.05) is 35.0 Å². The number of benzene rings is 3. The van der Waals surface area contributed by atoms with Gasteiger partial charge in [-0.05, 0) is 60.0 Å². The molecule has 4 aromatic rings. The highest BCUT2D eigenvalue weighted by molar-refractivity contribution is 9.10. The van der Waals surface area contributed by atoms with Crippen LogP contribution in [0.15, 0.2) is 102 Å². The maximum atomic E-state index is 13.4. The van der Waals surface area contributed by atoms with E-state index in [1.807, 2.05) is 47.4 Å². The van der Waals surface area contributed by atoms with Crippen LogP contribution in [0.25, 0.3) is 0 Å². The number of amides is 1. The Bertz CT molecular complexity index is 1150. The van der Waals surface area contributed by atoms with Crippen molar-refractivity contribution in [1.82, 2.24) is 9.47 Å². The first-order valence-corrected chi connectivity index (χ1v) is 11.2. The van der Waals surface area contributed by atoms with Gasteiger partial charge in [-0.15, -0.1) is 0 Å². The molecule has 0 unspecified atom stereocenters. The number of nitrogens with zero attached hydrogens (tertiary/aromatic N) is 2. The summed E-state index contributed by atoms with van der Waals surface area (Å²) in [5.41, 5.74) is 5.48. The average molecular weight is 473 g/mol. The van der Waals surface area contributed by atoms with Crippen LogP contribution < -0.4 is 0 Å². The van der Waals surface area contributed by atoms with Gasteiger partial charge in [0.15, 0.2) is 0 Å². The minimum atomic E-state index is 0.0278. The van der Waals surface area contributed by atoms with Crippen LogP contribution in [-0.2, 0) is 19.6 Å². The zero-order chi connectivity index (χ0) is 21.6. The molecule has 0 aliphatic heterocycles. The summed E-state index contributed by atoms with van der Waals surface area (Å²) in [6.45, 7) is 4.03. The minimum absolute atomic E-state index is 0.0278. The van der Waals surface area contributed by atoms with Crippen LogP contribution >= 0.6 is 15.9 Å². The summed E-state index contributed by atoms with van der Waals surface area (Å²) in [5, 5.41) is 0. The molecule has 1 amide bonds. The Hall–Kier alpha value is -3.11. The highest BCUT2D eigenvalue weighted by Crippen LogP contribution is 2.18. The average Bonchev–Trinajstić information content (AvgIpc) is 3.22. The van der Waals surface area contributed by atoms with Crippen molar-refractivity contribution in [3.05, 3.63) is 130 Å². The van der Waals surface area contributed by atoms with Gasteiger partial charge < -0.3 is 9.47 Å². The number of aryl methyl sites for hydroxylation is 1. The van der Waals surface area contributed by atoms with E-state index >= 15 is 0 Å². The van der Waals surface area contributed by atoms with Crippen LogP contribution in [0.2, 0.25) is 0 Å². The van der Waals surface area contributed by atoms with E-state index in [1.165, 1.54) is 11.1 Å². The molecule has 0 fully saturated rings. The number of hydrogen-bond acceptors (Lipinski definition) is 1. The molecule has 3 aromatic carbocycles. The molecule has 0 aliphatic rings. The lowest BCUT2D eigenvalue weighted by Crippen LogP contribution is -2.31. The highest BCUT2D eigenvalue weighted by Gasteiger charge is 2.18. The van der Waals surface area contributed by atoms with Gasteiger partial charge in [0.05, 0.1) is 6.54 Å². The van der Waals surface area contributed by atoms with Gasteiger partial charge in [0.1, 0.15) is 0 Å². The normalized spacial score (nSPS) is 10.8. The van der Waals surface area contributed by atoms with E-state index in [9.17, 15) is 4.79 Å². The largest absolute Gasteiger partial charge is 0.345 e. The van der Waals surface area contributed by atoms with E-state index in [0.717, 1.165) is 22.3 Å². The van der Waals surface area contributed by atoms with Crippen molar-refractivity contribution in [3.63, 3.8) is 0 Å². The van der Waals surface area contributed by atoms with Gasteiger partial charge in [0.2, 0.25) is 0 Å². The van der Waals surface area contributed by atoms with Gasteiger partial charge >= 0.3 is 0 Å². The number of carbonyl (C=O) groups excluding carboxylic acids is 1. The SMILES string of the molecule is Cc1ccccc1Cn1cccc1CN(Cc1ccccc1)C(=O)c1ccc(Br)cc1. The molecule has 4 heteroatoms. The Morgan fingerprint density at radius 1 is 0.839 bits per heavy atom. The molecule has 0 N–H and O–H groups in total. The fraction of sp³-hybridized carbons (Fsp3) is 0.148. The summed E-state index contributed by atoms with van der Waals surface area (Å²) < 4.78 is 3.20. The topological polar surface area (TPSA) is 25.2 Å². The molecule has 3 nitrogen and oxygen atoms in total. The van der Waals surface area contributed by atoms with E-state index in [2.05, 4.69) is 82.1 Å². The first-order valence-electron chi connectivity index (χ1n) is 10.4. The lowest BCUT2D eigenvalue weighted by molar-refractivity contribution is 0.0726. The zero-order valence-corrected chi connectivity index (χ0v) is 19.1. The Kier molecular flexibility index (Phi) is 6.68. The molecule has 0 radical (unpaired) electrons. The quantitative estimate of drug-likeness (QED) is 0.303. The molecule has 4 rings (SSSR count). The molecule has 0 saturated heterocycles. The van der Waals surface area contributed by atoms with E-state index < -0.39 is 0 Å². The summed E-state index contributed by atoms with van der Waals surface area (Å²) in [6, 6.07) is 30.3. The molecular formula is C27H25BrN2O. The first kappa shape index (κ1) is 21.1. The monoisotopic (exact) mass is 472 g/mol. The van der Waals surface area contributed by atoms with Crippen LogP contribution in [0.3, 0.4) is 0 Å². The van der Waals surface area contributed by atoms with Gasteiger partial charge in [-0.1, -0.05) is 70.5 Å². The molecule has 1 heterocycles. The zero-order valence-electron chi connectivity index (χ0n) is 17.5. The number of rotatable bonds is 7. The van der Waals surface area contributed by atoms with Crippen molar-refractivity contribution in [2.75, 3.05) is 0 Å². The van der Waals surface area contributed by atoms with Gasteiger partial charge in [0.25, 0.3) is 5.91 Å². The lowest BCUT2D eigenvalue weighted by atomic mass is 10.1. The number of carbonyl (C=O) groups is 1. The van der Waals surface area contributed by atoms with E-state index in [-0.39, 0.29) is 5.91 Å². The van der Waals surface area contributed by atoms with Gasteiger partial charge in [-0.3, -0.25) is 4.79 Å². The van der Waals surface area contributed by atoms with Crippen LogP contribution in [0.4, 0.5) is 0 Å². The fourth-order valence-electron chi connectivity index (χ4n) is 3.69. The number of halogens is 1. The van der Waals surface area contributed by atoms with E-state index in [0.29, 0.717) is 18.7 Å². The third-order valence-electron chi connectivity index (χ3n) is 5.47. The summed E-state index contributed by atoms with van der Waals surface area (Å²) >= 11 is 3.45. The van der Waals surface area contributed by atoms with E-state index in [4.69, 9.17) is 0 Å². The molecule has 31 heavy (non-hydrogen) atoms. The van der Waals surface area contributed by atoms with Crippen molar-refractivity contribution in [3.8, 4) is 0 Å². The van der Waals surface area contributed by atoms with Crippen LogP contribution in [-0.4, -0.2) is 15.4 Å². The molecule has 0 bridgehead atoms. The first-order chi connectivity index (χ1) is 15.1. The third-order valence-corrected chi connectivity index (χ3v) is 6.00. The van der Waals surface area contributed by atoms with E-state index in [1.54, 1.807) is 0 Å². The van der Waals surface area contributed by atoms with Crippen molar-refractivity contribution in [2.45, 2.75) is 26.6 Å². The van der Waals surface area contributed by atoms with Crippen LogP contribution in [0.1, 0.15) is 32.7 Å². The number of hydrogen-bond donors (Lipinski definition) is 0. The summed E-state index contributed by atoms with van der Waals surface area (Å²) in [7, 11) is 0. The predicted molar refractivity (Wildman–Crippen MR) is 129 cm³/mol. The summed E-state index contributed by atoms with van der Waals surface area (Å²) in [4.78, 5) is 15.3. The maximum absolute atomic E-state index is 13.4. The molecule has 0 spiro atoms. The Morgan fingerprint density at radius 2 is 1.55 bits per heavy atom. The Balaban J connectivity index is 1.61. The maximum Gasteiger partial charge on any atom is 0.254 e. The molecule has 0 atom stereocenters. The Labute approximate surface area is 192 Å². The molecule has 0 aliphatic carbocycles. The number of aromatic nitrogens is 1. The third kappa shape index (κ3) is 5.33. The second-order valence-corrected chi connectivity index (χ2v) is 8.62. The smallest absolute Gasteiger partial charge is 0.254 e. The van der Waals surface area contributed by atoms with Crippen molar-refractivity contribution < 1.29 is 4.79 Å². The van der Waals surface area contributed by atoms with Crippen LogP contribution in [0.5, 0.6) is 0 Å². The summed E-state index contributed by atoms with van der Waals surface area (Å²) in [5.74, 6) is 0.0278. The predicted octanol–water partition coefficient (Wildman–Crippen LogP) is 6.45. The second-order valence-electron chi connectivity index (χ2n) is 7.71. The molecule has 1 aromatic heterocycles. The standard InChI is InChI=1S/C27H25BrN2O/c1-21-8-5-6-11-24(21)19-29-17-7-12-26(29)20-30(18-22-9-3-2-4-10-22)27(31)23-13-15-25(28)16-14-23/h2-17H,18-20H2,1H3. The molecule has 156 valence electrons. The second kappa shape index (κ2) is 9.80. The van der Waals surface area contributed by atoms with Gasteiger partial charge in [-0.25, -0.2) is 0 Å². The van der Waals surface area contributed by atoms with Crippen molar-refractivity contribution in [1.29, 1.82) is 0 Å². The lowest BCUT2D eigenvalue weighted by Gasteiger charge is -2.24. The summed E-state index contributed by atoms with van der Waals surface area (Å²) in [6.07, 6.45) is 2.09. The Morgan fingerprint density at radius 3 is 2.29 bits per heavy atom. The van der Waals surface area contributed by atoms with Crippen molar-refractivity contribution >= 4 is 21.8 Å². The fourth-order valence-corrected chi connectivity index (χ4v) is 3.96. The minimum Gasteiger partial charge on any atom is -0.345 e. The highest BCUT2D eigenvalue weighted by atomic mass is 79.9. The molecular weight excluding hydrogens is 448 g/mol. The molecule has 0 saturated carbocycles.